The summed E-state index contributed by atoms with van der Waals surface area (Å²) in [5, 5.41) is 13.9. The number of para-hydroxylation sites is 1. The molecule has 3 rings (SSSR count). The summed E-state index contributed by atoms with van der Waals surface area (Å²) in [5.74, 6) is -0.705. The van der Waals surface area contributed by atoms with E-state index in [4.69, 9.17) is 27.9 Å². The van der Waals surface area contributed by atoms with Crippen molar-refractivity contribution in [3.05, 3.63) is 75.0 Å². The molecule has 0 saturated heterocycles. The lowest BCUT2D eigenvalue weighted by Gasteiger charge is -2.17. The predicted molar refractivity (Wildman–Crippen MR) is 121 cm³/mol. The van der Waals surface area contributed by atoms with E-state index in [9.17, 15) is 14.7 Å². The zero-order chi connectivity index (χ0) is 22.4. The van der Waals surface area contributed by atoms with Crippen molar-refractivity contribution in [2.75, 3.05) is 26.7 Å². The van der Waals surface area contributed by atoms with Crippen molar-refractivity contribution in [1.82, 2.24) is 10.2 Å². The van der Waals surface area contributed by atoms with Crippen molar-refractivity contribution in [2.45, 2.75) is 19.3 Å². The summed E-state index contributed by atoms with van der Waals surface area (Å²) < 4.78 is 5.33. The average Bonchev–Trinajstić information content (AvgIpc) is 3.06. The first kappa shape index (κ1) is 23.0. The molecule has 0 radical (unpaired) electrons. The van der Waals surface area contributed by atoms with E-state index in [1.165, 1.54) is 4.90 Å². The van der Waals surface area contributed by atoms with Crippen LogP contribution in [-0.4, -0.2) is 48.6 Å². The Morgan fingerprint density at radius 1 is 1.16 bits per heavy atom. The van der Waals surface area contributed by atoms with Gasteiger partial charge in [0.15, 0.2) is 5.76 Å². The first-order valence-electron chi connectivity index (χ1n) is 9.96. The quantitative estimate of drug-likeness (QED) is 0.553. The Morgan fingerprint density at radius 3 is 2.68 bits per heavy atom. The van der Waals surface area contributed by atoms with Gasteiger partial charge < -0.3 is 20.1 Å². The molecule has 164 valence electrons. The summed E-state index contributed by atoms with van der Waals surface area (Å²) in [4.78, 5) is 26.3. The summed E-state index contributed by atoms with van der Waals surface area (Å²) >= 11 is 11.9. The number of hydrogen-bond acceptors (Lipinski definition) is 4. The fourth-order valence-corrected chi connectivity index (χ4v) is 3.76. The third-order valence-corrected chi connectivity index (χ3v) is 5.89. The highest BCUT2D eigenvalue weighted by Gasteiger charge is 2.33. The van der Waals surface area contributed by atoms with Crippen molar-refractivity contribution in [2.24, 2.45) is 0 Å². The van der Waals surface area contributed by atoms with Gasteiger partial charge in [-0.05, 0) is 48.6 Å². The molecule has 2 aromatic rings. The lowest BCUT2D eigenvalue weighted by atomic mass is 10.1. The van der Waals surface area contributed by atoms with Gasteiger partial charge in [0.25, 0.3) is 11.8 Å². The molecule has 0 bridgehead atoms. The summed E-state index contributed by atoms with van der Waals surface area (Å²) in [7, 11) is 1.59. The predicted octanol–water partition coefficient (Wildman–Crippen LogP) is 3.95. The zero-order valence-corrected chi connectivity index (χ0v) is 18.7. The van der Waals surface area contributed by atoms with E-state index in [2.05, 4.69) is 5.32 Å². The van der Waals surface area contributed by atoms with Crippen LogP contribution in [0, 0.1) is 0 Å². The number of hydrogen-bond donors (Lipinski definition) is 2. The van der Waals surface area contributed by atoms with Crippen molar-refractivity contribution in [3.8, 4) is 5.75 Å². The maximum absolute atomic E-state index is 12.5. The summed E-state index contributed by atoms with van der Waals surface area (Å²) in [5.41, 5.74) is 2.07. The molecule has 0 aromatic heterocycles. The third kappa shape index (κ3) is 5.71. The molecule has 1 heterocycles. The second-order valence-corrected chi connectivity index (χ2v) is 8.04. The number of rotatable bonds is 9. The minimum absolute atomic E-state index is 0.0818. The Bertz CT molecular complexity index is 1010. The molecule has 1 aliphatic heterocycles. The topological polar surface area (TPSA) is 78.9 Å². The van der Waals surface area contributed by atoms with Crippen LogP contribution in [0.4, 0.5) is 0 Å². The Labute approximate surface area is 191 Å². The molecule has 0 unspecified atom stereocenters. The van der Waals surface area contributed by atoms with E-state index in [1.54, 1.807) is 19.2 Å². The van der Waals surface area contributed by atoms with Crippen LogP contribution in [-0.2, 0) is 22.4 Å². The van der Waals surface area contributed by atoms with Crippen molar-refractivity contribution in [1.29, 1.82) is 0 Å². The fraction of sp³-hybridized carbons (Fsp3) is 0.304. The maximum Gasteiger partial charge on any atom is 0.289 e. The Kier molecular flexibility index (Phi) is 7.82. The van der Waals surface area contributed by atoms with Gasteiger partial charge in [0.2, 0.25) is 0 Å². The largest absolute Gasteiger partial charge is 0.503 e. The fourth-order valence-electron chi connectivity index (χ4n) is 3.44. The van der Waals surface area contributed by atoms with E-state index >= 15 is 0 Å². The molecule has 2 aromatic carbocycles. The molecule has 0 atom stereocenters. The van der Waals surface area contributed by atoms with Gasteiger partial charge in [0, 0.05) is 13.1 Å². The second-order valence-electron chi connectivity index (χ2n) is 7.22. The number of halogens is 2. The van der Waals surface area contributed by atoms with Gasteiger partial charge in [-0.1, -0.05) is 47.5 Å². The number of nitrogens with one attached hydrogen (secondary N) is 1. The second kappa shape index (κ2) is 10.6. The van der Waals surface area contributed by atoms with Crippen LogP contribution in [0.15, 0.2) is 53.8 Å². The van der Waals surface area contributed by atoms with Gasteiger partial charge in [-0.2, -0.15) is 0 Å². The van der Waals surface area contributed by atoms with Gasteiger partial charge >= 0.3 is 0 Å². The number of benzene rings is 2. The Hall–Kier alpha value is -2.70. The van der Waals surface area contributed by atoms with Crippen LogP contribution in [0.2, 0.25) is 10.0 Å². The van der Waals surface area contributed by atoms with Crippen LogP contribution >= 0.6 is 23.2 Å². The number of carbonyl (C=O) groups excluding carboxylic acids is 2. The molecule has 0 aliphatic carbocycles. The summed E-state index contributed by atoms with van der Waals surface area (Å²) in [6.07, 6.45) is 1.96. The lowest BCUT2D eigenvalue weighted by molar-refractivity contribution is -0.127. The number of ether oxygens (including phenoxy) is 1. The standard InChI is InChI=1S/C23H24Cl2N2O4/c1-31-20-7-3-2-6-16(20)10-12-27-14-17(21(28)23(27)30)22(29)26-11-4-5-15-8-9-18(24)19(25)13-15/h2-3,6-9,13,28H,4-5,10-12,14H2,1H3,(H,26,29). The summed E-state index contributed by atoms with van der Waals surface area (Å²) in [6.45, 7) is 0.862. The van der Waals surface area contributed by atoms with Gasteiger partial charge in [0.1, 0.15) is 5.75 Å². The number of methoxy groups -OCH3 is 1. The molecular formula is C23H24Cl2N2O4. The SMILES string of the molecule is COc1ccccc1CCN1CC(C(=O)NCCCc2ccc(Cl)c(Cl)c2)=C(O)C1=O. The van der Waals surface area contributed by atoms with Crippen LogP contribution in [0.5, 0.6) is 5.75 Å². The minimum Gasteiger partial charge on any atom is -0.503 e. The molecule has 0 spiro atoms. The molecule has 2 N–H and O–H groups in total. The van der Waals surface area contributed by atoms with Crippen LogP contribution in [0.3, 0.4) is 0 Å². The molecule has 8 heteroatoms. The minimum atomic E-state index is -0.532. The number of aryl methyl sites for hydroxylation is 1. The van der Waals surface area contributed by atoms with E-state index in [-0.39, 0.29) is 12.1 Å². The number of nitrogens with zero attached hydrogens (tertiary/aromatic N) is 1. The van der Waals surface area contributed by atoms with Crippen molar-refractivity contribution >= 4 is 35.0 Å². The number of amides is 2. The van der Waals surface area contributed by atoms with Gasteiger partial charge in [-0.25, -0.2) is 0 Å². The van der Waals surface area contributed by atoms with Gasteiger partial charge in [0.05, 0.1) is 29.3 Å². The molecule has 1 aliphatic rings. The highest BCUT2D eigenvalue weighted by molar-refractivity contribution is 6.42. The van der Waals surface area contributed by atoms with Crippen LogP contribution < -0.4 is 10.1 Å². The smallest absolute Gasteiger partial charge is 0.289 e. The summed E-state index contributed by atoms with van der Waals surface area (Å²) in [6, 6.07) is 13.0. The first-order valence-corrected chi connectivity index (χ1v) is 10.7. The molecule has 0 fully saturated rings. The Balaban J connectivity index is 1.48. The normalized spacial score (nSPS) is 13.6. The Morgan fingerprint density at radius 2 is 1.94 bits per heavy atom. The number of carbonyl (C=O) groups is 2. The van der Waals surface area contributed by atoms with E-state index in [0.717, 1.165) is 16.9 Å². The molecule has 2 amide bonds. The molecule has 0 saturated carbocycles. The van der Waals surface area contributed by atoms with Gasteiger partial charge in [-0.3, -0.25) is 9.59 Å². The molecule has 31 heavy (non-hydrogen) atoms. The third-order valence-electron chi connectivity index (χ3n) is 5.15. The number of aliphatic hydroxyl groups excluding tert-OH is 1. The number of aliphatic hydroxyl groups is 1. The van der Waals surface area contributed by atoms with Crippen molar-refractivity contribution < 1.29 is 19.4 Å². The van der Waals surface area contributed by atoms with Crippen LogP contribution in [0.25, 0.3) is 0 Å². The maximum atomic E-state index is 12.5. The lowest BCUT2D eigenvalue weighted by Crippen LogP contribution is -2.32. The van der Waals surface area contributed by atoms with Gasteiger partial charge in [-0.15, -0.1) is 0 Å². The highest BCUT2D eigenvalue weighted by Crippen LogP contribution is 2.23. The molecule has 6 nitrogen and oxygen atoms in total. The monoisotopic (exact) mass is 462 g/mol. The van der Waals surface area contributed by atoms with E-state index < -0.39 is 17.6 Å². The average molecular weight is 463 g/mol. The van der Waals surface area contributed by atoms with Crippen molar-refractivity contribution in [3.63, 3.8) is 0 Å². The van der Waals surface area contributed by atoms with Crippen LogP contribution in [0.1, 0.15) is 17.5 Å². The zero-order valence-electron chi connectivity index (χ0n) is 17.2. The highest BCUT2D eigenvalue weighted by atomic mass is 35.5. The first-order chi connectivity index (χ1) is 14.9. The van der Waals surface area contributed by atoms with E-state index in [0.29, 0.717) is 42.4 Å². The molecular weight excluding hydrogens is 439 g/mol. The van der Waals surface area contributed by atoms with E-state index in [1.807, 2.05) is 30.3 Å².